The van der Waals surface area contributed by atoms with Gasteiger partial charge in [0, 0.05) is 18.9 Å². The van der Waals surface area contributed by atoms with Gasteiger partial charge in [-0.1, -0.05) is 0 Å². The van der Waals surface area contributed by atoms with Crippen molar-refractivity contribution >= 4 is 10.9 Å². The second-order valence-corrected chi connectivity index (χ2v) is 2.54. The zero-order valence-corrected chi connectivity index (χ0v) is 6.34. The van der Waals surface area contributed by atoms with Gasteiger partial charge < -0.3 is 10.7 Å². The first kappa shape index (κ1) is 7.24. The number of aromatic nitrogens is 2. The average Bonchev–Trinajstić information content (AvgIpc) is 2.44. The maximum Gasteiger partial charge on any atom is 0.154 e. The average molecular weight is 165 g/mol. The molecule has 2 aromatic heterocycles. The van der Waals surface area contributed by atoms with Gasteiger partial charge in [0.05, 0.1) is 16.6 Å². The van der Waals surface area contributed by atoms with Gasteiger partial charge in [-0.25, -0.2) is 4.39 Å². The van der Waals surface area contributed by atoms with Gasteiger partial charge in [0.2, 0.25) is 0 Å². The molecule has 0 radical (unpaired) electrons. The van der Waals surface area contributed by atoms with Crippen molar-refractivity contribution < 1.29 is 4.39 Å². The van der Waals surface area contributed by atoms with Crippen LogP contribution in [0.3, 0.4) is 0 Å². The van der Waals surface area contributed by atoms with Crippen molar-refractivity contribution in [1.82, 2.24) is 9.97 Å². The van der Waals surface area contributed by atoms with Crippen LogP contribution in [0.15, 0.2) is 18.5 Å². The van der Waals surface area contributed by atoms with E-state index in [0.717, 1.165) is 5.52 Å². The molecule has 0 aliphatic heterocycles. The molecular formula is C8H8FN3. The standard InChI is InChI=1S/C8H8FN3/c9-8-5-4-11-2-1-6(5)12-7(8)3-10/h1-2,4,12H,3,10H2. The highest BCUT2D eigenvalue weighted by atomic mass is 19.1. The Bertz CT molecular complexity index is 408. The molecule has 0 aliphatic carbocycles. The van der Waals surface area contributed by atoms with E-state index in [0.29, 0.717) is 11.1 Å². The predicted molar refractivity (Wildman–Crippen MR) is 43.9 cm³/mol. The number of fused-ring (bicyclic) bond motifs is 1. The quantitative estimate of drug-likeness (QED) is 0.666. The van der Waals surface area contributed by atoms with E-state index in [-0.39, 0.29) is 12.4 Å². The number of aromatic amines is 1. The van der Waals surface area contributed by atoms with Gasteiger partial charge in [0.1, 0.15) is 0 Å². The first-order chi connectivity index (χ1) is 5.83. The first-order valence-corrected chi connectivity index (χ1v) is 3.63. The molecule has 0 saturated carbocycles. The van der Waals surface area contributed by atoms with E-state index in [1.165, 1.54) is 6.20 Å². The minimum Gasteiger partial charge on any atom is -0.355 e. The molecule has 0 saturated heterocycles. The van der Waals surface area contributed by atoms with Gasteiger partial charge in [-0.2, -0.15) is 0 Å². The number of pyridine rings is 1. The maximum atomic E-state index is 13.3. The molecule has 2 heterocycles. The third-order valence-electron chi connectivity index (χ3n) is 1.81. The number of hydrogen-bond donors (Lipinski definition) is 2. The molecule has 4 heteroatoms. The van der Waals surface area contributed by atoms with E-state index in [9.17, 15) is 4.39 Å². The lowest BCUT2D eigenvalue weighted by atomic mass is 10.3. The summed E-state index contributed by atoms with van der Waals surface area (Å²) in [6.07, 6.45) is 3.10. The van der Waals surface area contributed by atoms with Crippen molar-refractivity contribution in [3.63, 3.8) is 0 Å². The number of nitrogens with two attached hydrogens (primary N) is 1. The second-order valence-electron chi connectivity index (χ2n) is 2.54. The van der Waals surface area contributed by atoms with Gasteiger partial charge in [-0.3, -0.25) is 4.98 Å². The van der Waals surface area contributed by atoms with Crippen LogP contribution in [0.5, 0.6) is 0 Å². The van der Waals surface area contributed by atoms with Crippen molar-refractivity contribution in [2.45, 2.75) is 6.54 Å². The van der Waals surface area contributed by atoms with Crippen LogP contribution in [0.4, 0.5) is 4.39 Å². The van der Waals surface area contributed by atoms with E-state index in [1.807, 2.05) is 0 Å². The van der Waals surface area contributed by atoms with Crippen molar-refractivity contribution in [2.75, 3.05) is 0 Å². The number of nitrogens with one attached hydrogen (secondary N) is 1. The highest BCUT2D eigenvalue weighted by molar-refractivity contribution is 5.79. The van der Waals surface area contributed by atoms with Crippen molar-refractivity contribution in [2.24, 2.45) is 5.73 Å². The smallest absolute Gasteiger partial charge is 0.154 e. The Kier molecular flexibility index (Phi) is 1.55. The molecule has 0 aromatic carbocycles. The Morgan fingerprint density at radius 2 is 2.42 bits per heavy atom. The summed E-state index contributed by atoms with van der Waals surface area (Å²) in [5, 5.41) is 0.498. The fraction of sp³-hybridized carbons (Fsp3) is 0.125. The van der Waals surface area contributed by atoms with E-state index in [1.54, 1.807) is 12.3 Å². The number of hydrogen-bond acceptors (Lipinski definition) is 2. The van der Waals surface area contributed by atoms with Crippen LogP contribution in [-0.2, 0) is 6.54 Å². The molecule has 0 spiro atoms. The van der Waals surface area contributed by atoms with Crippen LogP contribution in [0, 0.1) is 5.82 Å². The molecule has 0 bridgehead atoms. The molecule has 0 atom stereocenters. The van der Waals surface area contributed by atoms with Gasteiger partial charge >= 0.3 is 0 Å². The highest BCUT2D eigenvalue weighted by Crippen LogP contribution is 2.18. The molecule has 2 aromatic rings. The monoisotopic (exact) mass is 165 g/mol. The Labute approximate surface area is 68.4 Å². The summed E-state index contributed by atoms with van der Waals surface area (Å²) >= 11 is 0. The van der Waals surface area contributed by atoms with Gasteiger partial charge in [0.15, 0.2) is 5.82 Å². The van der Waals surface area contributed by atoms with Crippen LogP contribution in [-0.4, -0.2) is 9.97 Å². The zero-order chi connectivity index (χ0) is 8.55. The summed E-state index contributed by atoms with van der Waals surface area (Å²) in [5.74, 6) is -0.291. The second kappa shape index (κ2) is 2.57. The molecule has 0 fully saturated rings. The molecule has 0 aliphatic rings. The SMILES string of the molecule is NCc1[nH]c2ccncc2c1F. The lowest BCUT2D eigenvalue weighted by Gasteiger charge is -1.87. The molecule has 0 unspecified atom stereocenters. The third-order valence-corrected chi connectivity index (χ3v) is 1.81. The zero-order valence-electron chi connectivity index (χ0n) is 6.34. The summed E-state index contributed by atoms with van der Waals surface area (Å²) < 4.78 is 13.3. The van der Waals surface area contributed by atoms with Crippen LogP contribution in [0.25, 0.3) is 10.9 Å². The number of H-pyrrole nitrogens is 1. The van der Waals surface area contributed by atoms with Crippen molar-refractivity contribution in [3.05, 3.63) is 30.0 Å². The van der Waals surface area contributed by atoms with E-state index in [2.05, 4.69) is 9.97 Å². The first-order valence-electron chi connectivity index (χ1n) is 3.63. The lowest BCUT2D eigenvalue weighted by Crippen LogP contribution is -1.98. The molecule has 62 valence electrons. The molecule has 12 heavy (non-hydrogen) atoms. The molecule has 3 N–H and O–H groups in total. The topological polar surface area (TPSA) is 54.7 Å². The Balaban J connectivity index is 2.78. The Morgan fingerprint density at radius 3 is 3.08 bits per heavy atom. The third kappa shape index (κ3) is 0.887. The van der Waals surface area contributed by atoms with Crippen molar-refractivity contribution in [3.8, 4) is 0 Å². The summed E-state index contributed by atoms with van der Waals surface area (Å²) in [5.41, 5.74) is 6.49. The fourth-order valence-electron chi connectivity index (χ4n) is 1.20. The van der Waals surface area contributed by atoms with Gasteiger partial charge in [0.25, 0.3) is 0 Å². The van der Waals surface area contributed by atoms with E-state index >= 15 is 0 Å². The lowest BCUT2D eigenvalue weighted by molar-refractivity contribution is 0.620. The van der Waals surface area contributed by atoms with E-state index < -0.39 is 0 Å². The van der Waals surface area contributed by atoms with Gasteiger partial charge in [-0.15, -0.1) is 0 Å². The number of nitrogens with zero attached hydrogens (tertiary/aromatic N) is 1. The largest absolute Gasteiger partial charge is 0.355 e. The van der Waals surface area contributed by atoms with Crippen LogP contribution in [0.2, 0.25) is 0 Å². The number of halogens is 1. The number of rotatable bonds is 1. The maximum absolute atomic E-state index is 13.3. The normalized spacial score (nSPS) is 10.8. The van der Waals surface area contributed by atoms with E-state index in [4.69, 9.17) is 5.73 Å². The molecular weight excluding hydrogens is 157 g/mol. The fourth-order valence-corrected chi connectivity index (χ4v) is 1.20. The molecule has 0 amide bonds. The van der Waals surface area contributed by atoms with Gasteiger partial charge in [-0.05, 0) is 6.07 Å². The van der Waals surface area contributed by atoms with Crippen LogP contribution >= 0.6 is 0 Å². The molecule has 3 nitrogen and oxygen atoms in total. The van der Waals surface area contributed by atoms with Crippen molar-refractivity contribution in [1.29, 1.82) is 0 Å². The minimum absolute atomic E-state index is 0.181. The summed E-state index contributed by atoms with van der Waals surface area (Å²) in [4.78, 5) is 6.69. The summed E-state index contributed by atoms with van der Waals surface area (Å²) in [6, 6.07) is 1.72. The Hall–Kier alpha value is -1.42. The molecule has 2 rings (SSSR count). The summed E-state index contributed by atoms with van der Waals surface area (Å²) in [7, 11) is 0. The summed E-state index contributed by atoms with van der Waals surface area (Å²) in [6.45, 7) is 0.181. The minimum atomic E-state index is -0.291. The Morgan fingerprint density at radius 1 is 1.58 bits per heavy atom. The van der Waals surface area contributed by atoms with Crippen LogP contribution in [0.1, 0.15) is 5.69 Å². The van der Waals surface area contributed by atoms with Crippen LogP contribution < -0.4 is 5.73 Å². The predicted octanol–water partition coefficient (Wildman–Crippen LogP) is 1.16. The highest BCUT2D eigenvalue weighted by Gasteiger charge is 2.08.